The molecule has 0 atom stereocenters. The molecule has 0 unspecified atom stereocenters. The fourth-order valence-electron chi connectivity index (χ4n) is 1.73. The van der Waals surface area contributed by atoms with Gasteiger partial charge in [0.25, 0.3) is 0 Å². The molecule has 0 fully saturated rings. The molecule has 0 aliphatic carbocycles. The first-order chi connectivity index (χ1) is 10.4. The van der Waals surface area contributed by atoms with E-state index < -0.39 is 32.9 Å². The molecule has 22 heavy (non-hydrogen) atoms. The van der Waals surface area contributed by atoms with Crippen molar-refractivity contribution in [3.8, 4) is 11.5 Å². The van der Waals surface area contributed by atoms with E-state index in [9.17, 15) is 30.1 Å². The lowest BCUT2D eigenvalue weighted by Crippen LogP contribution is -2.10. The summed E-state index contributed by atoms with van der Waals surface area (Å²) in [5.74, 6) is -2.02. The fraction of sp³-hybridized carbons (Fsp3) is 0. The van der Waals surface area contributed by atoms with Crippen LogP contribution in [0.25, 0.3) is 0 Å². The van der Waals surface area contributed by atoms with Crippen LogP contribution in [-0.2, 0) is 0 Å². The van der Waals surface area contributed by atoms with E-state index in [1.165, 1.54) is 24.3 Å². The van der Waals surface area contributed by atoms with E-state index in [1.54, 1.807) is 0 Å². The molecule has 0 heterocycles. The zero-order valence-electron chi connectivity index (χ0n) is 10.8. The number of nitro groups is 2. The van der Waals surface area contributed by atoms with Gasteiger partial charge in [0.15, 0.2) is 0 Å². The molecular formula is C13H8N2O7. The van der Waals surface area contributed by atoms with Crippen molar-refractivity contribution in [3.05, 3.63) is 68.3 Å². The third-order valence-electron chi connectivity index (χ3n) is 2.68. The number of nitrogens with zero attached hydrogens (tertiary/aromatic N) is 2. The molecule has 112 valence electrons. The number of benzene rings is 2. The van der Waals surface area contributed by atoms with E-state index in [1.807, 2.05) is 0 Å². The maximum Gasteiger partial charge on any atom is 0.388 e. The van der Waals surface area contributed by atoms with Gasteiger partial charge in [0.1, 0.15) is 11.3 Å². The van der Waals surface area contributed by atoms with Crippen LogP contribution in [-0.4, -0.2) is 20.9 Å². The lowest BCUT2D eigenvalue weighted by Gasteiger charge is -2.06. The smallest absolute Gasteiger partial charge is 0.388 e. The van der Waals surface area contributed by atoms with Crippen molar-refractivity contribution in [2.45, 2.75) is 0 Å². The lowest BCUT2D eigenvalue weighted by atomic mass is 10.2. The molecule has 1 N–H and O–H groups in total. The summed E-state index contributed by atoms with van der Waals surface area (Å²) in [5, 5.41) is 31.3. The Hall–Kier alpha value is -3.49. The number of carbonyl (C=O) groups excluding carboxylic acids is 1. The highest BCUT2D eigenvalue weighted by Crippen LogP contribution is 2.36. The van der Waals surface area contributed by atoms with Crippen LogP contribution >= 0.6 is 0 Å². The third kappa shape index (κ3) is 2.82. The molecule has 0 aromatic heterocycles. The molecular weight excluding hydrogens is 296 g/mol. The Kier molecular flexibility index (Phi) is 3.98. The Bertz CT molecular complexity index is 773. The SMILES string of the molecule is O=C(Oc1cccc([N+](=O)[O-])c1[N+](=O)[O-])c1ccccc1O. The van der Waals surface area contributed by atoms with Crippen LogP contribution in [0.4, 0.5) is 11.4 Å². The number of phenols is 1. The Morgan fingerprint density at radius 3 is 2.27 bits per heavy atom. The van der Waals surface area contributed by atoms with Crippen molar-refractivity contribution < 1.29 is 24.5 Å². The van der Waals surface area contributed by atoms with Gasteiger partial charge in [-0.2, -0.15) is 0 Å². The first-order valence-corrected chi connectivity index (χ1v) is 5.83. The van der Waals surface area contributed by atoms with Gasteiger partial charge in [-0.25, -0.2) is 4.79 Å². The molecule has 9 nitrogen and oxygen atoms in total. The number of ether oxygens (including phenoxy) is 1. The number of esters is 1. The molecule has 0 aliphatic rings. The molecule has 2 aromatic carbocycles. The summed E-state index contributed by atoms with van der Waals surface area (Å²) in [6, 6.07) is 8.55. The van der Waals surface area contributed by atoms with Crippen LogP contribution in [0, 0.1) is 20.2 Å². The average Bonchev–Trinajstić information content (AvgIpc) is 2.46. The number of carbonyl (C=O) groups is 1. The lowest BCUT2D eigenvalue weighted by molar-refractivity contribution is -0.422. The zero-order valence-corrected chi connectivity index (χ0v) is 10.8. The number of rotatable bonds is 4. The average molecular weight is 304 g/mol. The number of para-hydroxylation sites is 2. The van der Waals surface area contributed by atoms with Crippen molar-refractivity contribution in [2.24, 2.45) is 0 Å². The topological polar surface area (TPSA) is 133 Å². The van der Waals surface area contributed by atoms with Gasteiger partial charge in [-0.15, -0.1) is 0 Å². The molecule has 0 saturated heterocycles. The number of aromatic hydroxyl groups is 1. The van der Waals surface area contributed by atoms with Gasteiger partial charge < -0.3 is 9.84 Å². The minimum atomic E-state index is -1.07. The highest BCUT2D eigenvalue weighted by atomic mass is 16.6. The standard InChI is InChI=1S/C13H8N2O7/c16-10-6-2-1-4-8(10)13(17)22-11-7-3-5-9(14(18)19)12(11)15(20)21/h1-7,16H. The fourth-order valence-corrected chi connectivity index (χ4v) is 1.73. The van der Waals surface area contributed by atoms with Gasteiger partial charge >= 0.3 is 17.3 Å². The third-order valence-corrected chi connectivity index (χ3v) is 2.68. The summed E-state index contributed by atoms with van der Waals surface area (Å²) in [5.41, 5.74) is -1.95. The van der Waals surface area contributed by atoms with Crippen molar-refractivity contribution >= 4 is 17.3 Å². The molecule has 2 rings (SSSR count). The van der Waals surface area contributed by atoms with E-state index in [4.69, 9.17) is 4.74 Å². The Labute approximate surface area is 122 Å². The maximum absolute atomic E-state index is 11.9. The predicted molar refractivity (Wildman–Crippen MR) is 72.8 cm³/mol. The summed E-state index contributed by atoms with van der Waals surface area (Å²) in [7, 11) is 0. The second-order valence-electron chi connectivity index (χ2n) is 4.04. The van der Waals surface area contributed by atoms with Crippen molar-refractivity contribution in [1.82, 2.24) is 0 Å². The van der Waals surface area contributed by atoms with Crippen molar-refractivity contribution in [2.75, 3.05) is 0 Å². The van der Waals surface area contributed by atoms with Gasteiger partial charge in [-0.05, 0) is 18.2 Å². The number of hydrogen-bond donors (Lipinski definition) is 1. The van der Waals surface area contributed by atoms with E-state index in [-0.39, 0.29) is 11.3 Å². The largest absolute Gasteiger partial charge is 0.507 e. The van der Waals surface area contributed by atoms with E-state index in [2.05, 4.69) is 0 Å². The van der Waals surface area contributed by atoms with E-state index in [0.29, 0.717) is 0 Å². The quantitative estimate of drug-likeness (QED) is 0.397. The first-order valence-electron chi connectivity index (χ1n) is 5.83. The van der Waals surface area contributed by atoms with E-state index >= 15 is 0 Å². The second-order valence-corrected chi connectivity index (χ2v) is 4.04. The van der Waals surface area contributed by atoms with Gasteiger partial charge in [0, 0.05) is 6.07 Å². The Balaban J connectivity index is 2.44. The molecule has 0 saturated carbocycles. The van der Waals surface area contributed by atoms with Crippen LogP contribution in [0.3, 0.4) is 0 Å². The maximum atomic E-state index is 11.9. The summed E-state index contributed by atoms with van der Waals surface area (Å²) in [6.45, 7) is 0. The first kappa shape index (κ1) is 14.9. The highest BCUT2D eigenvalue weighted by Gasteiger charge is 2.31. The van der Waals surface area contributed by atoms with Gasteiger partial charge in [-0.3, -0.25) is 20.2 Å². The Morgan fingerprint density at radius 2 is 1.68 bits per heavy atom. The molecule has 0 bridgehead atoms. The molecule has 0 spiro atoms. The summed E-state index contributed by atoms with van der Waals surface area (Å²) in [6.07, 6.45) is 0. The Morgan fingerprint density at radius 1 is 1.00 bits per heavy atom. The normalized spacial score (nSPS) is 10.0. The van der Waals surface area contributed by atoms with Gasteiger partial charge in [0.2, 0.25) is 5.75 Å². The van der Waals surface area contributed by atoms with Crippen molar-refractivity contribution in [3.63, 3.8) is 0 Å². The van der Waals surface area contributed by atoms with E-state index in [0.717, 1.165) is 18.2 Å². The highest BCUT2D eigenvalue weighted by molar-refractivity contribution is 5.94. The molecule has 0 radical (unpaired) electrons. The molecule has 2 aromatic rings. The van der Waals surface area contributed by atoms with Crippen LogP contribution in [0.2, 0.25) is 0 Å². The number of nitro benzene ring substituents is 2. The van der Waals surface area contributed by atoms with Gasteiger partial charge in [-0.1, -0.05) is 18.2 Å². The molecule has 0 amide bonds. The van der Waals surface area contributed by atoms with Crippen molar-refractivity contribution in [1.29, 1.82) is 0 Å². The number of phenolic OH excluding ortho intramolecular Hbond substituents is 1. The minimum absolute atomic E-state index is 0.219. The number of hydrogen-bond acceptors (Lipinski definition) is 7. The molecule has 9 heteroatoms. The van der Waals surface area contributed by atoms with Crippen LogP contribution in [0.1, 0.15) is 10.4 Å². The minimum Gasteiger partial charge on any atom is -0.507 e. The zero-order chi connectivity index (χ0) is 16.3. The van der Waals surface area contributed by atoms with Crippen LogP contribution in [0.5, 0.6) is 11.5 Å². The van der Waals surface area contributed by atoms with Gasteiger partial charge in [0.05, 0.1) is 9.85 Å². The summed E-state index contributed by atoms with van der Waals surface area (Å²) < 4.78 is 4.82. The molecule has 0 aliphatic heterocycles. The van der Waals surface area contributed by atoms with Crippen LogP contribution in [0.15, 0.2) is 42.5 Å². The monoisotopic (exact) mass is 304 g/mol. The summed E-state index contributed by atoms with van der Waals surface area (Å²) >= 11 is 0. The predicted octanol–water partition coefficient (Wildman–Crippen LogP) is 2.43. The second kappa shape index (κ2) is 5.87. The van der Waals surface area contributed by atoms with Crippen LogP contribution < -0.4 is 4.74 Å². The summed E-state index contributed by atoms with van der Waals surface area (Å²) in [4.78, 5) is 31.8.